The van der Waals surface area contributed by atoms with E-state index in [0.29, 0.717) is 31.6 Å². The Labute approximate surface area is 209 Å². The molecule has 0 radical (unpaired) electrons. The van der Waals surface area contributed by atoms with Gasteiger partial charge in [0.1, 0.15) is 5.60 Å². The Balaban J connectivity index is 1.59. The number of carbonyl (C=O) groups is 1. The van der Waals surface area contributed by atoms with E-state index in [1.165, 1.54) is 5.57 Å². The summed E-state index contributed by atoms with van der Waals surface area (Å²) in [5, 5.41) is 52.9. The Kier molecular flexibility index (Phi) is 5.71. The molecule has 198 valence electrons. The van der Waals surface area contributed by atoms with Gasteiger partial charge in [-0.2, -0.15) is 0 Å². The molecule has 5 rings (SSSR count). The monoisotopic (exact) mass is 490 g/mol. The molecule has 10 atom stereocenters. The molecule has 6 heteroatoms. The normalized spacial score (nSPS) is 55.6. The zero-order valence-corrected chi connectivity index (χ0v) is 22.0. The van der Waals surface area contributed by atoms with Gasteiger partial charge in [-0.3, -0.25) is 4.79 Å². The minimum absolute atomic E-state index is 0.0568. The summed E-state index contributed by atoms with van der Waals surface area (Å²) in [6.45, 7) is 8.80. The molecule has 4 fully saturated rings. The molecule has 0 aromatic carbocycles. The first-order chi connectivity index (χ1) is 16.3. The van der Waals surface area contributed by atoms with Gasteiger partial charge in [-0.05, 0) is 104 Å². The molecule has 0 heterocycles. The van der Waals surface area contributed by atoms with Crippen molar-refractivity contribution in [3.63, 3.8) is 0 Å². The lowest BCUT2D eigenvalue weighted by Crippen LogP contribution is -2.68. The number of hydrogen-bond acceptors (Lipinski definition) is 5. The zero-order chi connectivity index (χ0) is 25.7. The van der Waals surface area contributed by atoms with Crippen LogP contribution in [0.25, 0.3) is 0 Å². The third kappa shape index (κ3) is 3.06. The van der Waals surface area contributed by atoms with E-state index in [1.54, 1.807) is 0 Å². The summed E-state index contributed by atoms with van der Waals surface area (Å²) in [4.78, 5) is 12.8. The highest BCUT2D eigenvalue weighted by atomic mass is 16.4. The number of carboxylic acid groups (broad SMARTS) is 1. The smallest absolute Gasteiger partial charge is 0.310 e. The van der Waals surface area contributed by atoms with Crippen LogP contribution in [0.3, 0.4) is 0 Å². The zero-order valence-electron chi connectivity index (χ0n) is 22.0. The molecule has 0 aliphatic heterocycles. The topological polar surface area (TPSA) is 118 Å². The molecule has 35 heavy (non-hydrogen) atoms. The largest absolute Gasteiger partial charge is 0.481 e. The predicted molar refractivity (Wildman–Crippen MR) is 132 cm³/mol. The van der Waals surface area contributed by atoms with Gasteiger partial charge in [0.25, 0.3) is 0 Å². The van der Waals surface area contributed by atoms with E-state index in [1.807, 2.05) is 0 Å². The van der Waals surface area contributed by atoms with Gasteiger partial charge in [-0.25, -0.2) is 0 Å². The summed E-state index contributed by atoms with van der Waals surface area (Å²) < 4.78 is 0. The van der Waals surface area contributed by atoms with Crippen LogP contribution in [0, 0.1) is 44.8 Å². The van der Waals surface area contributed by atoms with Crippen LogP contribution in [0.1, 0.15) is 91.9 Å². The van der Waals surface area contributed by atoms with Crippen molar-refractivity contribution < 1.29 is 30.3 Å². The average molecular weight is 491 g/mol. The maximum absolute atomic E-state index is 12.8. The minimum atomic E-state index is -1.46. The van der Waals surface area contributed by atoms with Crippen LogP contribution in [-0.2, 0) is 4.79 Å². The molecule has 0 saturated heterocycles. The van der Waals surface area contributed by atoms with E-state index in [-0.39, 0.29) is 40.1 Å². The molecule has 5 aliphatic rings. The molecule has 0 aromatic heterocycles. The maximum Gasteiger partial charge on any atom is 0.310 e. The van der Waals surface area contributed by atoms with Crippen LogP contribution in [-0.4, -0.2) is 56.4 Å². The van der Waals surface area contributed by atoms with Gasteiger partial charge >= 0.3 is 5.97 Å². The summed E-state index contributed by atoms with van der Waals surface area (Å²) in [6.07, 6.45) is 8.86. The number of rotatable bonds is 3. The van der Waals surface area contributed by atoms with Crippen LogP contribution < -0.4 is 0 Å². The highest BCUT2D eigenvalue weighted by Crippen LogP contribution is 2.75. The summed E-state index contributed by atoms with van der Waals surface area (Å²) in [5.41, 5.74) is -1.55. The molecule has 6 nitrogen and oxygen atoms in total. The second-order valence-electron chi connectivity index (χ2n) is 14.2. The van der Waals surface area contributed by atoms with Gasteiger partial charge in [0.05, 0.1) is 18.1 Å². The number of allylic oxidation sites excluding steroid dienone is 2. The third-order valence-corrected chi connectivity index (χ3v) is 13.0. The summed E-state index contributed by atoms with van der Waals surface area (Å²) in [7, 11) is 0. The molecule has 0 bridgehead atoms. The lowest BCUT2D eigenvalue weighted by Gasteiger charge is -2.70. The van der Waals surface area contributed by atoms with Crippen LogP contribution in [0.4, 0.5) is 0 Å². The summed E-state index contributed by atoms with van der Waals surface area (Å²) in [5.74, 6) is -0.606. The fourth-order valence-corrected chi connectivity index (χ4v) is 10.4. The van der Waals surface area contributed by atoms with Crippen LogP contribution in [0.5, 0.6) is 0 Å². The number of aliphatic hydroxyl groups excluding tert-OH is 3. The number of fused-ring (bicyclic) bond motifs is 7. The second-order valence-corrected chi connectivity index (χ2v) is 14.2. The highest BCUT2D eigenvalue weighted by molar-refractivity contribution is 5.76. The molecular formula is C29H46O6. The van der Waals surface area contributed by atoms with Crippen LogP contribution in [0.15, 0.2) is 11.6 Å². The quantitative estimate of drug-likeness (QED) is 0.383. The lowest BCUT2D eigenvalue weighted by atomic mass is 9.34. The Bertz CT molecular complexity index is 932. The van der Waals surface area contributed by atoms with Gasteiger partial charge in [0, 0.05) is 6.61 Å². The van der Waals surface area contributed by atoms with Crippen LogP contribution >= 0.6 is 0 Å². The fourth-order valence-electron chi connectivity index (χ4n) is 10.4. The molecular weight excluding hydrogens is 444 g/mol. The average Bonchev–Trinajstić information content (AvgIpc) is 2.82. The Morgan fingerprint density at radius 3 is 2.26 bits per heavy atom. The number of aliphatic carboxylic acids is 1. The van der Waals surface area contributed by atoms with Gasteiger partial charge in [0.15, 0.2) is 0 Å². The number of aliphatic hydroxyl groups is 4. The van der Waals surface area contributed by atoms with Gasteiger partial charge in [0.2, 0.25) is 0 Å². The first-order valence-corrected chi connectivity index (χ1v) is 13.8. The molecule has 5 aliphatic carbocycles. The highest BCUT2D eigenvalue weighted by Gasteiger charge is 2.70. The number of carboxylic acids is 1. The Hall–Kier alpha value is -0.950. The molecule has 4 saturated carbocycles. The van der Waals surface area contributed by atoms with Gasteiger partial charge in [-0.15, -0.1) is 0 Å². The maximum atomic E-state index is 12.8. The van der Waals surface area contributed by atoms with Gasteiger partial charge < -0.3 is 25.5 Å². The molecule has 0 spiro atoms. The van der Waals surface area contributed by atoms with Crippen molar-refractivity contribution in [2.45, 2.75) is 104 Å². The first-order valence-electron chi connectivity index (χ1n) is 13.8. The number of hydrogen-bond donors (Lipinski definition) is 5. The van der Waals surface area contributed by atoms with Crippen molar-refractivity contribution in [3.8, 4) is 0 Å². The van der Waals surface area contributed by atoms with Crippen LogP contribution in [0.2, 0.25) is 0 Å². The van der Waals surface area contributed by atoms with E-state index in [9.17, 15) is 30.3 Å². The predicted octanol–water partition coefficient (Wildman–Crippen LogP) is 3.90. The van der Waals surface area contributed by atoms with Crippen molar-refractivity contribution in [2.24, 2.45) is 44.8 Å². The van der Waals surface area contributed by atoms with E-state index in [0.717, 1.165) is 38.5 Å². The van der Waals surface area contributed by atoms with Crippen molar-refractivity contribution in [1.82, 2.24) is 0 Å². The van der Waals surface area contributed by atoms with E-state index >= 15 is 0 Å². The first kappa shape index (κ1) is 25.7. The lowest BCUT2D eigenvalue weighted by molar-refractivity contribution is -0.249. The molecule has 10 unspecified atom stereocenters. The third-order valence-electron chi connectivity index (χ3n) is 13.0. The molecule has 5 N–H and O–H groups in total. The van der Waals surface area contributed by atoms with E-state index < -0.39 is 29.7 Å². The summed E-state index contributed by atoms with van der Waals surface area (Å²) >= 11 is 0. The SMILES string of the molecule is CC1(CO)CCC2(C(=O)O)CCC3(C)C(=CCC4C5(C)CCC(O)C(O)(CO)C5CCC43C)C2C1. The Morgan fingerprint density at radius 2 is 1.63 bits per heavy atom. The standard InChI is InChI=1S/C29H46O6/c1-24(16-30)11-13-28(23(33)34)14-12-26(3)18(19(28)15-24)5-6-20-25(2)9-8-22(32)29(35,17-31)21(25)7-10-27(20,26)4/h5,19-22,30-32,35H,6-17H2,1-4H3,(H,33,34). The van der Waals surface area contributed by atoms with E-state index in [2.05, 4.69) is 33.8 Å². The van der Waals surface area contributed by atoms with Crippen molar-refractivity contribution in [2.75, 3.05) is 13.2 Å². The van der Waals surface area contributed by atoms with Crippen molar-refractivity contribution in [3.05, 3.63) is 11.6 Å². The Morgan fingerprint density at radius 1 is 0.943 bits per heavy atom. The summed E-state index contributed by atoms with van der Waals surface area (Å²) in [6, 6.07) is 0. The minimum Gasteiger partial charge on any atom is -0.481 e. The van der Waals surface area contributed by atoms with E-state index in [4.69, 9.17) is 0 Å². The van der Waals surface area contributed by atoms with Crippen molar-refractivity contribution >= 4 is 5.97 Å². The van der Waals surface area contributed by atoms with Gasteiger partial charge in [-0.1, -0.05) is 39.3 Å². The second kappa shape index (κ2) is 7.78. The molecule has 0 aromatic rings. The molecule has 0 amide bonds. The van der Waals surface area contributed by atoms with Crippen molar-refractivity contribution in [1.29, 1.82) is 0 Å². The fraction of sp³-hybridized carbons (Fsp3) is 0.897.